The highest BCUT2D eigenvalue weighted by Crippen LogP contribution is 2.23. The minimum absolute atomic E-state index is 0.214. The number of anilines is 2. The number of nitrogen functional groups attached to an aromatic ring is 1. The van der Waals surface area contributed by atoms with Crippen LogP contribution in [-0.4, -0.2) is 28.5 Å². The number of rotatable bonds is 4. The van der Waals surface area contributed by atoms with Gasteiger partial charge in [-0.05, 0) is 30.7 Å². The normalized spacial score (nSPS) is 10.5. The predicted molar refractivity (Wildman–Crippen MR) is 77.4 cm³/mol. The first kappa shape index (κ1) is 13.5. The molecular formula is C13H16ClN5. The zero-order chi connectivity index (χ0) is 13.8. The first-order valence-electron chi connectivity index (χ1n) is 5.98. The summed E-state index contributed by atoms with van der Waals surface area (Å²) in [4.78, 5) is 14.5. The molecule has 0 aliphatic carbocycles. The van der Waals surface area contributed by atoms with Gasteiger partial charge in [0.05, 0.1) is 11.4 Å². The second-order valence-corrected chi connectivity index (χ2v) is 4.65. The Morgan fingerprint density at radius 2 is 2.11 bits per heavy atom. The van der Waals surface area contributed by atoms with E-state index in [2.05, 4.69) is 15.0 Å². The predicted octanol–water partition coefficient (Wildman–Crippen LogP) is 2.09. The van der Waals surface area contributed by atoms with Crippen molar-refractivity contribution in [1.82, 2.24) is 15.0 Å². The minimum Gasteiger partial charge on any atom is -0.394 e. The van der Waals surface area contributed by atoms with Crippen LogP contribution in [0.4, 0.5) is 11.5 Å². The third-order valence-electron chi connectivity index (χ3n) is 2.88. The van der Waals surface area contributed by atoms with Crippen LogP contribution in [0.15, 0.2) is 24.4 Å². The summed E-state index contributed by atoms with van der Waals surface area (Å²) in [7, 11) is 1.93. The molecule has 6 heteroatoms. The zero-order valence-electron chi connectivity index (χ0n) is 11.0. The third-order valence-corrected chi connectivity index (χ3v) is 3.05. The Hall–Kier alpha value is -1.88. The van der Waals surface area contributed by atoms with Gasteiger partial charge in [-0.15, -0.1) is 0 Å². The quantitative estimate of drug-likeness (QED) is 0.867. The minimum atomic E-state index is 0.214. The number of aryl methyl sites for hydroxylation is 1. The lowest BCUT2D eigenvalue weighted by atomic mass is 10.2. The lowest BCUT2D eigenvalue weighted by Gasteiger charge is -2.20. The van der Waals surface area contributed by atoms with Crippen LogP contribution in [0.25, 0.3) is 0 Å². The SMILES string of the molecule is Cc1nc(Cl)nc(N(C)CCc2ccccn2)c1N. The molecular weight excluding hydrogens is 262 g/mol. The van der Waals surface area contributed by atoms with E-state index in [1.54, 1.807) is 6.20 Å². The van der Waals surface area contributed by atoms with Crippen molar-refractivity contribution in [3.8, 4) is 0 Å². The van der Waals surface area contributed by atoms with Crippen LogP contribution in [-0.2, 0) is 6.42 Å². The highest BCUT2D eigenvalue weighted by Gasteiger charge is 2.12. The van der Waals surface area contributed by atoms with Crippen molar-refractivity contribution >= 4 is 23.1 Å². The van der Waals surface area contributed by atoms with E-state index >= 15 is 0 Å². The second kappa shape index (κ2) is 5.84. The van der Waals surface area contributed by atoms with Crippen LogP contribution in [0, 0.1) is 6.92 Å². The summed E-state index contributed by atoms with van der Waals surface area (Å²) in [6.45, 7) is 2.58. The van der Waals surface area contributed by atoms with Gasteiger partial charge in [-0.1, -0.05) is 6.07 Å². The van der Waals surface area contributed by atoms with Crippen molar-refractivity contribution in [3.63, 3.8) is 0 Å². The van der Waals surface area contributed by atoms with Crippen LogP contribution in [0.2, 0.25) is 5.28 Å². The molecule has 0 unspecified atom stereocenters. The molecule has 0 spiro atoms. The van der Waals surface area contributed by atoms with E-state index in [-0.39, 0.29) is 5.28 Å². The maximum atomic E-state index is 5.98. The van der Waals surface area contributed by atoms with Gasteiger partial charge in [0.2, 0.25) is 5.28 Å². The average molecular weight is 278 g/mol. The highest BCUT2D eigenvalue weighted by molar-refractivity contribution is 6.28. The van der Waals surface area contributed by atoms with Crippen molar-refractivity contribution in [2.45, 2.75) is 13.3 Å². The standard InChI is InChI=1S/C13H16ClN5/c1-9-11(15)12(18-13(14)17-9)19(2)8-6-10-5-3-4-7-16-10/h3-5,7H,6,8,15H2,1-2H3. The topological polar surface area (TPSA) is 67.9 Å². The van der Waals surface area contributed by atoms with Crippen LogP contribution in [0.1, 0.15) is 11.4 Å². The molecule has 0 aliphatic rings. The molecule has 0 saturated heterocycles. The van der Waals surface area contributed by atoms with E-state index in [0.29, 0.717) is 17.2 Å². The maximum Gasteiger partial charge on any atom is 0.224 e. The Morgan fingerprint density at radius 1 is 1.32 bits per heavy atom. The molecule has 0 aromatic carbocycles. The van der Waals surface area contributed by atoms with Crippen molar-refractivity contribution in [1.29, 1.82) is 0 Å². The Kier molecular flexibility index (Phi) is 4.16. The molecule has 0 aliphatic heterocycles. The van der Waals surface area contributed by atoms with E-state index in [1.807, 2.05) is 37.1 Å². The molecule has 2 N–H and O–H groups in total. The van der Waals surface area contributed by atoms with Gasteiger partial charge in [0.15, 0.2) is 5.82 Å². The molecule has 100 valence electrons. The van der Waals surface area contributed by atoms with Crippen LogP contribution in [0.5, 0.6) is 0 Å². The molecule has 0 radical (unpaired) electrons. The summed E-state index contributed by atoms with van der Waals surface area (Å²) in [5.41, 5.74) is 8.27. The number of likely N-dealkylation sites (N-methyl/N-ethyl adjacent to an activating group) is 1. The third kappa shape index (κ3) is 3.32. The molecule has 0 atom stereocenters. The Labute approximate surface area is 117 Å². The fraction of sp³-hybridized carbons (Fsp3) is 0.308. The fourth-order valence-corrected chi connectivity index (χ4v) is 1.96. The van der Waals surface area contributed by atoms with Crippen LogP contribution >= 0.6 is 11.6 Å². The largest absolute Gasteiger partial charge is 0.394 e. The molecule has 2 aromatic rings. The molecule has 2 rings (SSSR count). The van der Waals surface area contributed by atoms with Crippen molar-refractivity contribution in [3.05, 3.63) is 41.1 Å². The maximum absolute atomic E-state index is 5.98. The number of hydrogen-bond donors (Lipinski definition) is 1. The van der Waals surface area contributed by atoms with Gasteiger partial charge in [-0.25, -0.2) is 4.98 Å². The number of nitrogens with two attached hydrogens (primary N) is 1. The molecule has 5 nitrogen and oxygen atoms in total. The lowest BCUT2D eigenvalue weighted by molar-refractivity contribution is 0.836. The average Bonchev–Trinajstić information content (AvgIpc) is 2.41. The first-order valence-corrected chi connectivity index (χ1v) is 6.36. The van der Waals surface area contributed by atoms with Gasteiger partial charge in [0.1, 0.15) is 0 Å². The summed E-state index contributed by atoms with van der Waals surface area (Å²) in [6.07, 6.45) is 2.60. The van der Waals surface area contributed by atoms with Gasteiger partial charge >= 0.3 is 0 Å². The van der Waals surface area contributed by atoms with Gasteiger partial charge in [-0.3, -0.25) is 4.98 Å². The van der Waals surface area contributed by atoms with E-state index < -0.39 is 0 Å². The number of halogens is 1. The number of nitrogens with zero attached hydrogens (tertiary/aromatic N) is 4. The van der Waals surface area contributed by atoms with Gasteiger partial charge in [-0.2, -0.15) is 4.98 Å². The molecule has 0 bridgehead atoms. The Balaban J connectivity index is 2.10. The van der Waals surface area contributed by atoms with E-state index in [0.717, 1.165) is 18.7 Å². The molecule has 2 aromatic heterocycles. The first-order chi connectivity index (χ1) is 9.08. The summed E-state index contributed by atoms with van der Waals surface area (Å²) in [5, 5.41) is 0.214. The smallest absolute Gasteiger partial charge is 0.224 e. The summed E-state index contributed by atoms with van der Waals surface area (Å²) in [5.74, 6) is 0.661. The Bertz CT molecular complexity index is 558. The van der Waals surface area contributed by atoms with Gasteiger partial charge < -0.3 is 10.6 Å². The number of hydrogen-bond acceptors (Lipinski definition) is 5. The second-order valence-electron chi connectivity index (χ2n) is 4.31. The fourth-order valence-electron chi connectivity index (χ4n) is 1.76. The highest BCUT2D eigenvalue weighted by atomic mass is 35.5. The van der Waals surface area contributed by atoms with Crippen LogP contribution in [0.3, 0.4) is 0 Å². The molecule has 0 saturated carbocycles. The zero-order valence-corrected chi connectivity index (χ0v) is 11.7. The molecule has 0 fully saturated rings. The summed E-state index contributed by atoms with van der Waals surface area (Å²) >= 11 is 5.87. The van der Waals surface area contributed by atoms with E-state index in [4.69, 9.17) is 17.3 Å². The molecule has 19 heavy (non-hydrogen) atoms. The van der Waals surface area contributed by atoms with Crippen molar-refractivity contribution in [2.24, 2.45) is 0 Å². The van der Waals surface area contributed by atoms with E-state index in [1.165, 1.54) is 0 Å². The van der Waals surface area contributed by atoms with Crippen LogP contribution < -0.4 is 10.6 Å². The van der Waals surface area contributed by atoms with Gasteiger partial charge in [0, 0.05) is 31.9 Å². The lowest BCUT2D eigenvalue weighted by Crippen LogP contribution is -2.23. The summed E-state index contributed by atoms with van der Waals surface area (Å²) in [6, 6.07) is 5.87. The number of pyridine rings is 1. The Morgan fingerprint density at radius 3 is 2.79 bits per heavy atom. The molecule has 2 heterocycles. The molecule has 0 amide bonds. The van der Waals surface area contributed by atoms with Gasteiger partial charge in [0.25, 0.3) is 0 Å². The van der Waals surface area contributed by atoms with E-state index in [9.17, 15) is 0 Å². The van der Waals surface area contributed by atoms with Crippen molar-refractivity contribution < 1.29 is 0 Å². The van der Waals surface area contributed by atoms with Crippen molar-refractivity contribution in [2.75, 3.05) is 24.2 Å². The number of aromatic nitrogens is 3. The monoisotopic (exact) mass is 277 g/mol. The summed E-state index contributed by atoms with van der Waals surface area (Å²) < 4.78 is 0.